The van der Waals surface area contributed by atoms with Gasteiger partial charge in [0.25, 0.3) is 5.91 Å². The van der Waals surface area contributed by atoms with Gasteiger partial charge in [0, 0.05) is 10.9 Å². The number of carbonyl (C=O) groups excluding carboxylic acids is 1. The lowest BCUT2D eigenvalue weighted by Gasteiger charge is -2.05. The van der Waals surface area contributed by atoms with Crippen LogP contribution in [0.25, 0.3) is 10.1 Å². The van der Waals surface area contributed by atoms with Gasteiger partial charge in [0.15, 0.2) is 0 Å². The first kappa shape index (κ1) is 11.7. The number of fused-ring (bicyclic) bond motifs is 1. The van der Waals surface area contributed by atoms with Gasteiger partial charge in [-0.3, -0.25) is 9.78 Å². The van der Waals surface area contributed by atoms with Crippen LogP contribution in [0.1, 0.15) is 9.67 Å². The monoisotopic (exact) mass is 269 g/mol. The predicted molar refractivity (Wildman–Crippen MR) is 78.4 cm³/mol. The van der Waals surface area contributed by atoms with Gasteiger partial charge in [0.05, 0.1) is 22.4 Å². The summed E-state index contributed by atoms with van der Waals surface area (Å²) in [5, 5.41) is 3.86. The van der Waals surface area contributed by atoms with Crippen LogP contribution >= 0.6 is 11.3 Å². The lowest BCUT2D eigenvalue weighted by Crippen LogP contribution is -2.11. The van der Waals surface area contributed by atoms with Gasteiger partial charge in [-0.15, -0.1) is 11.3 Å². The molecule has 3 aromatic rings. The van der Waals surface area contributed by atoms with Crippen LogP contribution in [-0.2, 0) is 0 Å². The van der Waals surface area contributed by atoms with Crippen molar-refractivity contribution in [2.24, 2.45) is 0 Å². The number of nitrogens with zero attached hydrogens (tertiary/aromatic N) is 1. The standard InChI is InChI=1S/C14H11N3OS/c15-10-8-16-6-5-11(10)17-14(18)13-7-9-3-1-2-4-12(9)19-13/h1-8H,15H2,(H,16,17,18). The Morgan fingerprint density at radius 1 is 1.26 bits per heavy atom. The Morgan fingerprint density at radius 3 is 2.89 bits per heavy atom. The highest BCUT2D eigenvalue weighted by Gasteiger charge is 2.11. The third kappa shape index (κ3) is 2.28. The highest BCUT2D eigenvalue weighted by Crippen LogP contribution is 2.26. The van der Waals surface area contributed by atoms with E-state index in [0.29, 0.717) is 16.3 Å². The number of hydrogen-bond acceptors (Lipinski definition) is 4. The number of amides is 1. The van der Waals surface area contributed by atoms with Crippen molar-refractivity contribution in [1.82, 2.24) is 4.98 Å². The van der Waals surface area contributed by atoms with E-state index < -0.39 is 0 Å². The number of rotatable bonds is 2. The summed E-state index contributed by atoms with van der Waals surface area (Å²) in [7, 11) is 0. The van der Waals surface area contributed by atoms with Crippen molar-refractivity contribution in [2.45, 2.75) is 0 Å². The minimum absolute atomic E-state index is 0.154. The first-order chi connectivity index (χ1) is 9.24. The third-order valence-electron chi connectivity index (χ3n) is 2.75. The Bertz CT molecular complexity index is 718. The van der Waals surface area contributed by atoms with Crippen molar-refractivity contribution in [2.75, 3.05) is 11.1 Å². The fourth-order valence-electron chi connectivity index (χ4n) is 1.80. The molecule has 0 fully saturated rings. The second-order valence-corrected chi connectivity index (χ2v) is 5.15. The lowest BCUT2D eigenvalue weighted by molar-refractivity contribution is 0.103. The molecule has 0 aliphatic carbocycles. The average molecular weight is 269 g/mol. The zero-order valence-electron chi connectivity index (χ0n) is 9.96. The molecule has 0 saturated carbocycles. The maximum Gasteiger partial charge on any atom is 0.265 e. The molecule has 0 aliphatic rings. The van der Waals surface area contributed by atoms with Gasteiger partial charge in [-0.2, -0.15) is 0 Å². The van der Waals surface area contributed by atoms with E-state index in [1.807, 2.05) is 30.3 Å². The number of nitrogens with one attached hydrogen (secondary N) is 1. The Balaban J connectivity index is 1.90. The number of nitrogen functional groups attached to an aromatic ring is 1. The van der Waals surface area contributed by atoms with E-state index in [2.05, 4.69) is 10.3 Å². The number of thiophene rings is 1. The van der Waals surface area contributed by atoms with Gasteiger partial charge < -0.3 is 11.1 Å². The number of benzene rings is 1. The first-order valence-corrected chi connectivity index (χ1v) is 6.55. The van der Waals surface area contributed by atoms with Crippen LogP contribution in [-0.4, -0.2) is 10.9 Å². The molecule has 3 N–H and O–H groups in total. The molecule has 0 saturated heterocycles. The van der Waals surface area contributed by atoms with Crippen LogP contribution in [0.15, 0.2) is 48.8 Å². The van der Waals surface area contributed by atoms with E-state index in [1.165, 1.54) is 17.5 Å². The Kier molecular flexibility index (Phi) is 2.89. The molecule has 1 amide bonds. The molecule has 0 radical (unpaired) electrons. The summed E-state index contributed by atoms with van der Waals surface area (Å²) < 4.78 is 1.09. The number of aromatic nitrogens is 1. The van der Waals surface area contributed by atoms with Gasteiger partial charge in [-0.05, 0) is 23.6 Å². The number of anilines is 2. The van der Waals surface area contributed by atoms with Crippen molar-refractivity contribution >= 4 is 38.7 Å². The summed E-state index contributed by atoms with van der Waals surface area (Å²) in [6.07, 6.45) is 3.11. The minimum Gasteiger partial charge on any atom is -0.396 e. The van der Waals surface area contributed by atoms with E-state index in [0.717, 1.165) is 10.1 Å². The molecular formula is C14H11N3OS. The minimum atomic E-state index is -0.154. The van der Waals surface area contributed by atoms with Gasteiger partial charge in [-0.25, -0.2) is 0 Å². The van der Waals surface area contributed by atoms with Crippen LogP contribution in [0.2, 0.25) is 0 Å². The second-order valence-electron chi connectivity index (χ2n) is 4.07. The molecule has 19 heavy (non-hydrogen) atoms. The predicted octanol–water partition coefficient (Wildman–Crippen LogP) is 3.13. The lowest BCUT2D eigenvalue weighted by atomic mass is 10.2. The zero-order chi connectivity index (χ0) is 13.2. The summed E-state index contributed by atoms with van der Waals surface area (Å²) >= 11 is 1.46. The van der Waals surface area contributed by atoms with Crippen molar-refractivity contribution in [1.29, 1.82) is 0 Å². The molecule has 1 aromatic carbocycles. The van der Waals surface area contributed by atoms with E-state index in [-0.39, 0.29) is 5.91 Å². The van der Waals surface area contributed by atoms with E-state index in [4.69, 9.17) is 5.73 Å². The number of pyridine rings is 1. The van der Waals surface area contributed by atoms with Gasteiger partial charge >= 0.3 is 0 Å². The van der Waals surface area contributed by atoms with Crippen molar-refractivity contribution in [3.05, 3.63) is 53.7 Å². The Labute approximate surface area is 113 Å². The number of carbonyl (C=O) groups is 1. The summed E-state index contributed by atoms with van der Waals surface area (Å²) in [5.41, 5.74) is 6.78. The molecule has 3 rings (SSSR count). The molecular weight excluding hydrogens is 258 g/mol. The number of nitrogens with two attached hydrogens (primary N) is 1. The molecule has 0 atom stereocenters. The third-order valence-corrected chi connectivity index (χ3v) is 3.86. The summed E-state index contributed by atoms with van der Waals surface area (Å²) in [5.74, 6) is -0.154. The number of hydrogen-bond donors (Lipinski definition) is 2. The maximum absolute atomic E-state index is 12.2. The van der Waals surface area contributed by atoms with Crippen LogP contribution in [0.5, 0.6) is 0 Å². The quantitative estimate of drug-likeness (QED) is 0.751. The largest absolute Gasteiger partial charge is 0.396 e. The highest BCUT2D eigenvalue weighted by atomic mass is 32.1. The van der Waals surface area contributed by atoms with Gasteiger partial charge in [0.2, 0.25) is 0 Å². The summed E-state index contributed by atoms with van der Waals surface area (Å²) in [4.78, 5) is 16.7. The van der Waals surface area contributed by atoms with Crippen molar-refractivity contribution in [3.8, 4) is 0 Å². The topological polar surface area (TPSA) is 68.0 Å². The first-order valence-electron chi connectivity index (χ1n) is 5.73. The Morgan fingerprint density at radius 2 is 2.11 bits per heavy atom. The van der Waals surface area contributed by atoms with E-state index in [9.17, 15) is 4.79 Å². The van der Waals surface area contributed by atoms with Crippen molar-refractivity contribution in [3.63, 3.8) is 0 Å². The molecule has 94 valence electrons. The summed E-state index contributed by atoms with van der Waals surface area (Å²) in [6, 6.07) is 11.5. The van der Waals surface area contributed by atoms with E-state index in [1.54, 1.807) is 12.3 Å². The van der Waals surface area contributed by atoms with Crippen LogP contribution < -0.4 is 11.1 Å². The average Bonchev–Trinajstić information content (AvgIpc) is 2.85. The smallest absolute Gasteiger partial charge is 0.265 e. The Hall–Kier alpha value is -2.40. The SMILES string of the molecule is Nc1cnccc1NC(=O)c1cc2ccccc2s1. The van der Waals surface area contributed by atoms with E-state index >= 15 is 0 Å². The second kappa shape index (κ2) is 4.70. The molecule has 5 heteroatoms. The molecule has 2 aromatic heterocycles. The summed E-state index contributed by atoms with van der Waals surface area (Å²) in [6.45, 7) is 0. The van der Waals surface area contributed by atoms with Crippen LogP contribution in [0.4, 0.5) is 11.4 Å². The molecule has 0 spiro atoms. The fraction of sp³-hybridized carbons (Fsp3) is 0. The van der Waals surface area contributed by atoms with Gasteiger partial charge in [0.1, 0.15) is 0 Å². The van der Waals surface area contributed by atoms with Crippen LogP contribution in [0, 0.1) is 0 Å². The van der Waals surface area contributed by atoms with Crippen molar-refractivity contribution < 1.29 is 4.79 Å². The fourth-order valence-corrected chi connectivity index (χ4v) is 2.76. The maximum atomic E-state index is 12.2. The van der Waals surface area contributed by atoms with Gasteiger partial charge in [-0.1, -0.05) is 18.2 Å². The zero-order valence-corrected chi connectivity index (χ0v) is 10.8. The molecule has 4 nitrogen and oxygen atoms in total. The normalized spacial score (nSPS) is 10.5. The molecule has 2 heterocycles. The molecule has 0 bridgehead atoms. The van der Waals surface area contributed by atoms with Crippen LogP contribution in [0.3, 0.4) is 0 Å². The molecule has 0 aliphatic heterocycles. The molecule has 0 unspecified atom stereocenters. The highest BCUT2D eigenvalue weighted by molar-refractivity contribution is 7.20.